The second-order valence-corrected chi connectivity index (χ2v) is 6.45. The number of nitrogens with zero attached hydrogens (tertiary/aromatic N) is 3. The lowest BCUT2D eigenvalue weighted by Crippen LogP contribution is -2.35. The number of hydrogen-bond acceptors (Lipinski definition) is 7. The van der Waals surface area contributed by atoms with Crippen LogP contribution >= 0.6 is 11.3 Å². The Kier molecular flexibility index (Phi) is 5.50. The number of ketones is 1. The lowest BCUT2D eigenvalue weighted by Gasteiger charge is -2.16. The fourth-order valence-electron chi connectivity index (χ4n) is 2.40. The molecular weight excluding hydrogens is 366 g/mol. The van der Waals surface area contributed by atoms with Gasteiger partial charge in [0, 0.05) is 17.0 Å². The first-order chi connectivity index (χ1) is 13.1. The summed E-state index contributed by atoms with van der Waals surface area (Å²) >= 11 is 1.49. The van der Waals surface area contributed by atoms with Crippen molar-refractivity contribution in [1.82, 2.24) is 4.90 Å². The van der Waals surface area contributed by atoms with Gasteiger partial charge in [-0.2, -0.15) is 10.5 Å². The summed E-state index contributed by atoms with van der Waals surface area (Å²) in [6.07, 6.45) is 1.68. The molecule has 3 rings (SSSR count). The Labute approximate surface area is 159 Å². The summed E-state index contributed by atoms with van der Waals surface area (Å²) in [5.41, 5.74) is 0.423. The Balaban J connectivity index is 1.68. The molecule has 8 heteroatoms. The maximum atomic E-state index is 12.4. The Morgan fingerprint density at radius 1 is 1.26 bits per heavy atom. The molecule has 1 aromatic heterocycles. The first kappa shape index (κ1) is 18.2. The highest BCUT2D eigenvalue weighted by atomic mass is 32.1. The predicted molar refractivity (Wildman–Crippen MR) is 97.0 cm³/mol. The van der Waals surface area contributed by atoms with E-state index in [1.807, 2.05) is 29.7 Å². The van der Waals surface area contributed by atoms with E-state index in [1.165, 1.54) is 17.4 Å². The van der Waals surface area contributed by atoms with Gasteiger partial charge in [-0.05, 0) is 23.6 Å². The zero-order valence-electron chi connectivity index (χ0n) is 14.0. The van der Waals surface area contributed by atoms with Gasteiger partial charge in [-0.3, -0.25) is 9.59 Å². The third-order valence-electron chi connectivity index (χ3n) is 3.70. The number of nitriles is 2. The smallest absolute Gasteiger partial charge is 0.262 e. The van der Waals surface area contributed by atoms with Crippen LogP contribution in [0.1, 0.15) is 15.2 Å². The second kappa shape index (κ2) is 8.17. The van der Waals surface area contributed by atoms with Crippen molar-refractivity contribution in [3.63, 3.8) is 0 Å². The predicted octanol–water partition coefficient (Wildman–Crippen LogP) is 2.62. The Morgan fingerprint density at radius 3 is 2.70 bits per heavy atom. The van der Waals surface area contributed by atoms with Crippen LogP contribution in [0.3, 0.4) is 0 Å². The van der Waals surface area contributed by atoms with Gasteiger partial charge in [0.1, 0.15) is 24.6 Å². The Morgan fingerprint density at radius 2 is 2.04 bits per heavy atom. The van der Waals surface area contributed by atoms with Crippen LogP contribution in [0.25, 0.3) is 6.08 Å². The SMILES string of the molecule is N#CCN(CC#N)C(=O)COc1ccc2c(c1)OC(=Cc1cccs1)C2=O. The fraction of sp³-hybridized carbons (Fsp3) is 0.158. The van der Waals surface area contributed by atoms with E-state index in [2.05, 4.69) is 0 Å². The highest BCUT2D eigenvalue weighted by Gasteiger charge is 2.28. The van der Waals surface area contributed by atoms with E-state index < -0.39 is 5.91 Å². The standard InChI is InChI=1S/C19H13N3O4S/c20-5-7-22(8-6-21)18(23)12-25-13-3-4-15-16(10-13)26-17(19(15)24)11-14-2-1-9-27-14/h1-4,9-11H,7-8,12H2. The van der Waals surface area contributed by atoms with Crippen LogP contribution in [0.15, 0.2) is 41.5 Å². The minimum absolute atomic E-state index is 0.186. The third kappa shape index (κ3) is 4.14. The Hall–Kier alpha value is -3.62. The van der Waals surface area contributed by atoms with E-state index in [0.29, 0.717) is 17.1 Å². The summed E-state index contributed by atoms with van der Waals surface area (Å²) in [4.78, 5) is 26.4. The number of amides is 1. The van der Waals surface area contributed by atoms with Crippen LogP contribution in [0.2, 0.25) is 0 Å². The molecule has 0 fully saturated rings. The molecule has 134 valence electrons. The monoisotopic (exact) mass is 379 g/mol. The first-order valence-corrected chi connectivity index (χ1v) is 8.76. The normalized spacial score (nSPS) is 13.4. The van der Waals surface area contributed by atoms with Crippen LogP contribution in [0.4, 0.5) is 0 Å². The molecule has 0 saturated heterocycles. The summed E-state index contributed by atoms with van der Waals surface area (Å²) in [5, 5.41) is 19.3. The number of benzene rings is 1. The van der Waals surface area contributed by atoms with Crippen molar-refractivity contribution >= 4 is 29.1 Å². The maximum absolute atomic E-state index is 12.4. The van der Waals surface area contributed by atoms with Gasteiger partial charge < -0.3 is 14.4 Å². The van der Waals surface area contributed by atoms with Gasteiger partial charge in [-0.15, -0.1) is 11.3 Å². The van der Waals surface area contributed by atoms with Gasteiger partial charge in [0.2, 0.25) is 5.78 Å². The molecule has 0 atom stereocenters. The number of ether oxygens (including phenoxy) is 2. The summed E-state index contributed by atoms with van der Waals surface area (Å²) < 4.78 is 11.0. The largest absolute Gasteiger partial charge is 0.484 e. The molecule has 0 N–H and O–H groups in total. The van der Waals surface area contributed by atoms with Crippen LogP contribution < -0.4 is 9.47 Å². The highest BCUT2D eigenvalue weighted by Crippen LogP contribution is 2.35. The molecule has 2 aromatic rings. The third-order valence-corrected chi connectivity index (χ3v) is 4.52. The number of rotatable bonds is 6. The Bertz CT molecular complexity index is 967. The van der Waals surface area contributed by atoms with E-state index in [9.17, 15) is 9.59 Å². The van der Waals surface area contributed by atoms with E-state index >= 15 is 0 Å². The summed E-state index contributed by atoms with van der Waals surface area (Å²) in [7, 11) is 0. The van der Waals surface area contributed by atoms with E-state index in [0.717, 1.165) is 9.78 Å². The molecule has 27 heavy (non-hydrogen) atoms. The van der Waals surface area contributed by atoms with E-state index in [-0.39, 0.29) is 31.2 Å². The summed E-state index contributed by atoms with van der Waals surface area (Å²) in [6.45, 7) is -0.698. The average molecular weight is 379 g/mol. The van der Waals surface area contributed by atoms with Crippen molar-refractivity contribution in [3.8, 4) is 23.6 Å². The molecule has 0 saturated carbocycles. The number of allylic oxidation sites excluding steroid dienone is 1. The first-order valence-electron chi connectivity index (χ1n) is 7.88. The minimum atomic E-state index is -0.478. The molecule has 1 amide bonds. The lowest BCUT2D eigenvalue weighted by molar-refractivity contribution is -0.132. The molecule has 1 aliphatic rings. The number of carbonyl (C=O) groups excluding carboxylic acids is 2. The number of carbonyl (C=O) groups is 2. The van der Waals surface area contributed by atoms with Gasteiger partial charge in [0.25, 0.3) is 5.91 Å². The minimum Gasteiger partial charge on any atom is -0.484 e. The average Bonchev–Trinajstić information content (AvgIpc) is 3.28. The molecule has 7 nitrogen and oxygen atoms in total. The molecule has 0 unspecified atom stereocenters. The molecule has 2 heterocycles. The number of thiophene rings is 1. The fourth-order valence-corrected chi connectivity index (χ4v) is 3.05. The van der Waals surface area contributed by atoms with Crippen molar-refractivity contribution in [2.75, 3.05) is 19.7 Å². The van der Waals surface area contributed by atoms with Crippen LogP contribution in [-0.2, 0) is 4.79 Å². The van der Waals surface area contributed by atoms with Gasteiger partial charge in [0.05, 0.1) is 17.7 Å². The molecule has 0 bridgehead atoms. The molecule has 0 aliphatic carbocycles. The van der Waals surface area contributed by atoms with Crippen molar-refractivity contribution in [3.05, 3.63) is 51.9 Å². The van der Waals surface area contributed by atoms with Crippen molar-refractivity contribution < 1.29 is 19.1 Å². The number of Topliss-reactive ketones (excluding diaryl/α,β-unsaturated/α-hetero) is 1. The molecular formula is C19H13N3O4S. The zero-order chi connectivity index (χ0) is 19.2. The van der Waals surface area contributed by atoms with Crippen LogP contribution in [-0.4, -0.2) is 36.3 Å². The maximum Gasteiger partial charge on any atom is 0.262 e. The molecule has 0 radical (unpaired) electrons. The van der Waals surface area contributed by atoms with E-state index in [1.54, 1.807) is 18.2 Å². The number of hydrogen-bond donors (Lipinski definition) is 0. The van der Waals surface area contributed by atoms with Crippen LogP contribution in [0.5, 0.6) is 11.5 Å². The van der Waals surface area contributed by atoms with Crippen LogP contribution in [0, 0.1) is 22.7 Å². The zero-order valence-corrected chi connectivity index (χ0v) is 14.9. The molecule has 0 spiro atoms. The van der Waals surface area contributed by atoms with Gasteiger partial charge in [-0.1, -0.05) is 6.07 Å². The summed E-state index contributed by atoms with van der Waals surface area (Å²) in [6, 6.07) is 12.1. The second-order valence-electron chi connectivity index (χ2n) is 5.47. The number of fused-ring (bicyclic) bond motifs is 1. The van der Waals surface area contributed by atoms with Gasteiger partial charge >= 0.3 is 0 Å². The quantitative estimate of drug-likeness (QED) is 0.564. The van der Waals surface area contributed by atoms with E-state index in [4.69, 9.17) is 20.0 Å². The molecule has 1 aromatic carbocycles. The van der Waals surface area contributed by atoms with Crippen molar-refractivity contribution in [1.29, 1.82) is 10.5 Å². The van der Waals surface area contributed by atoms with Crippen molar-refractivity contribution in [2.45, 2.75) is 0 Å². The van der Waals surface area contributed by atoms with Gasteiger partial charge in [-0.25, -0.2) is 0 Å². The van der Waals surface area contributed by atoms with Crippen molar-refractivity contribution in [2.24, 2.45) is 0 Å². The molecule has 1 aliphatic heterocycles. The highest BCUT2D eigenvalue weighted by molar-refractivity contribution is 7.10. The topological polar surface area (TPSA) is 103 Å². The van der Waals surface area contributed by atoms with Gasteiger partial charge in [0.15, 0.2) is 12.4 Å². The lowest BCUT2D eigenvalue weighted by atomic mass is 10.1. The summed E-state index contributed by atoms with van der Waals surface area (Å²) in [5.74, 6) is 0.249.